The quantitative estimate of drug-likeness (QED) is 0.717. The molecule has 2 rings (SSSR count). The first-order chi connectivity index (χ1) is 7.81. The topological polar surface area (TPSA) is 38.5 Å². The summed E-state index contributed by atoms with van der Waals surface area (Å²) in [6.07, 6.45) is 7.26. The fraction of sp³-hybridized carbons (Fsp3) is 1.00. The molecule has 1 saturated heterocycles. The van der Waals surface area contributed by atoms with E-state index in [1.165, 1.54) is 38.8 Å². The third-order valence-corrected chi connectivity index (χ3v) is 3.67. The SMILES string of the molecule is CCCN(CC1CC1)CC1CCC(CN)O1. The Balaban J connectivity index is 1.71. The fourth-order valence-corrected chi connectivity index (χ4v) is 2.61. The van der Waals surface area contributed by atoms with Crippen molar-refractivity contribution in [3.05, 3.63) is 0 Å². The summed E-state index contributed by atoms with van der Waals surface area (Å²) in [6.45, 7) is 6.59. The molecule has 1 saturated carbocycles. The van der Waals surface area contributed by atoms with Gasteiger partial charge in [0.05, 0.1) is 12.2 Å². The zero-order valence-corrected chi connectivity index (χ0v) is 10.5. The second kappa shape index (κ2) is 5.99. The summed E-state index contributed by atoms with van der Waals surface area (Å²) >= 11 is 0. The van der Waals surface area contributed by atoms with Crippen LogP contribution in [0.3, 0.4) is 0 Å². The zero-order valence-electron chi connectivity index (χ0n) is 10.5. The van der Waals surface area contributed by atoms with Gasteiger partial charge in [-0.05, 0) is 44.6 Å². The molecule has 3 heteroatoms. The minimum atomic E-state index is 0.328. The van der Waals surface area contributed by atoms with Crippen molar-refractivity contribution in [2.45, 2.75) is 51.2 Å². The van der Waals surface area contributed by atoms with Crippen LogP contribution in [-0.2, 0) is 4.74 Å². The summed E-state index contributed by atoms with van der Waals surface area (Å²) in [6, 6.07) is 0. The van der Waals surface area contributed by atoms with Crippen LogP contribution in [0.25, 0.3) is 0 Å². The average molecular weight is 226 g/mol. The molecule has 0 amide bonds. The Kier molecular flexibility index (Phi) is 4.62. The summed E-state index contributed by atoms with van der Waals surface area (Å²) in [7, 11) is 0. The first-order valence-corrected chi connectivity index (χ1v) is 6.89. The fourth-order valence-electron chi connectivity index (χ4n) is 2.61. The number of hydrogen-bond acceptors (Lipinski definition) is 3. The van der Waals surface area contributed by atoms with Crippen molar-refractivity contribution in [3.8, 4) is 0 Å². The molecule has 1 heterocycles. The van der Waals surface area contributed by atoms with Crippen LogP contribution in [0.5, 0.6) is 0 Å². The van der Waals surface area contributed by atoms with E-state index in [4.69, 9.17) is 10.5 Å². The molecule has 1 aliphatic heterocycles. The number of ether oxygens (including phenoxy) is 1. The maximum Gasteiger partial charge on any atom is 0.0707 e. The zero-order chi connectivity index (χ0) is 11.4. The number of rotatable bonds is 7. The van der Waals surface area contributed by atoms with Gasteiger partial charge in [0.25, 0.3) is 0 Å². The molecule has 0 bridgehead atoms. The summed E-state index contributed by atoms with van der Waals surface area (Å²) in [5.74, 6) is 0.984. The van der Waals surface area contributed by atoms with Crippen molar-refractivity contribution in [1.29, 1.82) is 0 Å². The van der Waals surface area contributed by atoms with Gasteiger partial charge in [0, 0.05) is 19.6 Å². The lowest BCUT2D eigenvalue weighted by molar-refractivity contribution is 0.0261. The first kappa shape index (κ1) is 12.3. The van der Waals surface area contributed by atoms with E-state index in [1.807, 2.05) is 0 Å². The van der Waals surface area contributed by atoms with Gasteiger partial charge >= 0.3 is 0 Å². The van der Waals surface area contributed by atoms with Crippen molar-refractivity contribution in [2.75, 3.05) is 26.2 Å². The van der Waals surface area contributed by atoms with Crippen LogP contribution in [0.15, 0.2) is 0 Å². The Morgan fingerprint density at radius 2 is 1.88 bits per heavy atom. The third kappa shape index (κ3) is 3.72. The lowest BCUT2D eigenvalue weighted by atomic mass is 10.2. The van der Waals surface area contributed by atoms with E-state index in [1.54, 1.807) is 0 Å². The average Bonchev–Trinajstić information content (AvgIpc) is 2.96. The van der Waals surface area contributed by atoms with Crippen molar-refractivity contribution in [2.24, 2.45) is 11.7 Å². The molecule has 3 nitrogen and oxygen atoms in total. The molecular formula is C13H26N2O. The molecule has 1 aliphatic carbocycles. The van der Waals surface area contributed by atoms with E-state index in [0.29, 0.717) is 18.8 Å². The Labute approximate surface area is 99.3 Å². The van der Waals surface area contributed by atoms with E-state index in [0.717, 1.165) is 18.9 Å². The van der Waals surface area contributed by atoms with Gasteiger partial charge in [0.1, 0.15) is 0 Å². The monoisotopic (exact) mass is 226 g/mol. The summed E-state index contributed by atoms with van der Waals surface area (Å²) in [5.41, 5.74) is 5.64. The lowest BCUT2D eigenvalue weighted by Gasteiger charge is -2.25. The number of nitrogens with zero attached hydrogens (tertiary/aromatic N) is 1. The van der Waals surface area contributed by atoms with E-state index in [9.17, 15) is 0 Å². The van der Waals surface area contributed by atoms with Crippen LogP contribution in [0.2, 0.25) is 0 Å². The van der Waals surface area contributed by atoms with E-state index < -0.39 is 0 Å². The maximum absolute atomic E-state index is 5.92. The van der Waals surface area contributed by atoms with Crippen molar-refractivity contribution >= 4 is 0 Å². The highest BCUT2D eigenvalue weighted by Gasteiger charge is 2.28. The summed E-state index contributed by atoms with van der Waals surface area (Å²) < 4.78 is 5.92. The number of nitrogens with two attached hydrogens (primary N) is 1. The molecule has 2 unspecified atom stereocenters. The predicted molar refractivity (Wildman–Crippen MR) is 66.4 cm³/mol. The molecule has 0 aromatic heterocycles. The Hall–Kier alpha value is -0.120. The summed E-state index contributed by atoms with van der Waals surface area (Å²) in [4.78, 5) is 2.60. The molecule has 0 aromatic rings. The maximum atomic E-state index is 5.92. The molecular weight excluding hydrogens is 200 g/mol. The van der Waals surface area contributed by atoms with Gasteiger partial charge in [-0.3, -0.25) is 0 Å². The molecule has 2 atom stereocenters. The van der Waals surface area contributed by atoms with Crippen LogP contribution in [0, 0.1) is 5.92 Å². The van der Waals surface area contributed by atoms with Crippen molar-refractivity contribution in [1.82, 2.24) is 4.90 Å². The molecule has 94 valence electrons. The van der Waals surface area contributed by atoms with E-state index in [2.05, 4.69) is 11.8 Å². The highest BCUT2D eigenvalue weighted by Crippen LogP contribution is 2.30. The Morgan fingerprint density at radius 1 is 1.12 bits per heavy atom. The second-order valence-corrected chi connectivity index (χ2v) is 5.40. The second-order valence-electron chi connectivity index (χ2n) is 5.40. The van der Waals surface area contributed by atoms with Crippen molar-refractivity contribution < 1.29 is 4.74 Å². The van der Waals surface area contributed by atoms with Gasteiger partial charge in [0.15, 0.2) is 0 Å². The molecule has 2 N–H and O–H groups in total. The smallest absolute Gasteiger partial charge is 0.0707 e. The van der Waals surface area contributed by atoms with Crippen LogP contribution in [0.1, 0.15) is 39.0 Å². The van der Waals surface area contributed by atoms with Gasteiger partial charge in [-0.2, -0.15) is 0 Å². The van der Waals surface area contributed by atoms with Gasteiger partial charge in [-0.25, -0.2) is 0 Å². The molecule has 2 aliphatic rings. The highest BCUT2D eigenvalue weighted by atomic mass is 16.5. The third-order valence-electron chi connectivity index (χ3n) is 3.67. The van der Waals surface area contributed by atoms with Crippen LogP contribution in [0.4, 0.5) is 0 Å². The molecule has 16 heavy (non-hydrogen) atoms. The van der Waals surface area contributed by atoms with Crippen molar-refractivity contribution in [3.63, 3.8) is 0 Å². The minimum absolute atomic E-state index is 0.328. The van der Waals surface area contributed by atoms with Gasteiger partial charge < -0.3 is 15.4 Å². The highest BCUT2D eigenvalue weighted by molar-refractivity contribution is 4.81. The molecule has 0 radical (unpaired) electrons. The standard InChI is InChI=1S/C13H26N2O/c1-2-7-15(9-11-3-4-11)10-13-6-5-12(8-14)16-13/h11-13H,2-10,14H2,1H3. The first-order valence-electron chi connectivity index (χ1n) is 6.89. The van der Waals surface area contributed by atoms with Gasteiger partial charge in [-0.1, -0.05) is 6.92 Å². The molecule has 2 fully saturated rings. The normalized spacial score (nSPS) is 30.2. The van der Waals surface area contributed by atoms with Crippen LogP contribution < -0.4 is 5.73 Å². The van der Waals surface area contributed by atoms with E-state index >= 15 is 0 Å². The predicted octanol–water partition coefficient (Wildman–Crippen LogP) is 1.61. The largest absolute Gasteiger partial charge is 0.372 e. The van der Waals surface area contributed by atoms with Crippen LogP contribution in [-0.4, -0.2) is 43.3 Å². The minimum Gasteiger partial charge on any atom is -0.372 e. The molecule has 0 spiro atoms. The Bertz CT molecular complexity index is 206. The Morgan fingerprint density at radius 3 is 2.44 bits per heavy atom. The van der Waals surface area contributed by atoms with Gasteiger partial charge in [-0.15, -0.1) is 0 Å². The van der Waals surface area contributed by atoms with E-state index in [-0.39, 0.29) is 0 Å². The van der Waals surface area contributed by atoms with Gasteiger partial charge in [0.2, 0.25) is 0 Å². The molecule has 0 aromatic carbocycles. The number of hydrogen-bond donors (Lipinski definition) is 1. The lowest BCUT2D eigenvalue weighted by Crippen LogP contribution is -2.35. The summed E-state index contributed by atoms with van der Waals surface area (Å²) in [5, 5.41) is 0. The van der Waals surface area contributed by atoms with Crippen LogP contribution >= 0.6 is 0 Å².